The number of pyridine rings is 1. The molecule has 5 nitrogen and oxygen atoms in total. The Hall–Kier alpha value is -2.24. The van der Waals surface area contributed by atoms with Crippen LogP contribution >= 0.6 is 11.6 Å². The Bertz CT molecular complexity index is 783. The van der Waals surface area contributed by atoms with Gasteiger partial charge in [-0.15, -0.1) is 11.6 Å². The number of aliphatic hydroxyl groups excluding tert-OH is 1. The minimum atomic E-state index is -0.938. The first kappa shape index (κ1) is 14.7. The average molecular weight is 319 g/mol. The summed E-state index contributed by atoms with van der Waals surface area (Å²) in [5.41, 5.74) is 1.50. The van der Waals surface area contributed by atoms with Gasteiger partial charge in [0.2, 0.25) is 0 Å². The molecule has 2 aromatic heterocycles. The van der Waals surface area contributed by atoms with Gasteiger partial charge >= 0.3 is 0 Å². The largest absolute Gasteiger partial charge is 0.494 e. The van der Waals surface area contributed by atoms with Gasteiger partial charge in [0.1, 0.15) is 0 Å². The van der Waals surface area contributed by atoms with Gasteiger partial charge in [-0.3, -0.25) is 9.55 Å². The van der Waals surface area contributed by atoms with E-state index in [0.29, 0.717) is 5.56 Å². The molecule has 2 heterocycles. The molecule has 1 aromatic carbocycles. The van der Waals surface area contributed by atoms with E-state index in [-0.39, 0.29) is 18.3 Å². The van der Waals surface area contributed by atoms with E-state index in [1.807, 2.05) is 24.3 Å². The van der Waals surface area contributed by atoms with Crippen molar-refractivity contribution in [2.45, 2.75) is 18.0 Å². The minimum Gasteiger partial charge on any atom is -0.494 e. The normalized spacial score (nSPS) is 14.1. The molecule has 6 heteroatoms. The molecular formula is C16H15ClN2O3. The molecule has 22 heavy (non-hydrogen) atoms. The van der Waals surface area contributed by atoms with Crippen molar-refractivity contribution < 1.29 is 15.3 Å². The zero-order valence-electron chi connectivity index (χ0n) is 11.6. The van der Waals surface area contributed by atoms with Crippen molar-refractivity contribution in [1.82, 2.24) is 9.55 Å². The molecule has 0 aliphatic carbocycles. The zero-order chi connectivity index (χ0) is 15.7. The van der Waals surface area contributed by atoms with Gasteiger partial charge in [0.05, 0.1) is 17.0 Å². The monoisotopic (exact) mass is 318 g/mol. The van der Waals surface area contributed by atoms with Crippen LogP contribution in [0.3, 0.4) is 0 Å². The summed E-state index contributed by atoms with van der Waals surface area (Å²) in [5, 5.41) is 29.9. The van der Waals surface area contributed by atoms with Gasteiger partial charge in [0.25, 0.3) is 0 Å². The van der Waals surface area contributed by atoms with Gasteiger partial charge in [0.15, 0.2) is 11.8 Å². The Morgan fingerprint density at radius 1 is 1.09 bits per heavy atom. The van der Waals surface area contributed by atoms with Gasteiger partial charge in [-0.05, 0) is 23.8 Å². The summed E-state index contributed by atoms with van der Waals surface area (Å²) in [4.78, 5) is 4.23. The number of aliphatic hydroxyl groups is 1. The van der Waals surface area contributed by atoms with Crippen LogP contribution in [0, 0.1) is 0 Å². The van der Waals surface area contributed by atoms with E-state index < -0.39 is 11.5 Å². The summed E-state index contributed by atoms with van der Waals surface area (Å²) >= 11 is 6.24. The second-order valence-electron chi connectivity index (χ2n) is 5.08. The summed E-state index contributed by atoms with van der Waals surface area (Å²) in [6, 6.07) is 11.9. The van der Waals surface area contributed by atoms with Crippen LogP contribution in [0.5, 0.6) is 11.8 Å². The molecule has 0 saturated heterocycles. The predicted molar refractivity (Wildman–Crippen MR) is 84.1 cm³/mol. The van der Waals surface area contributed by atoms with Crippen molar-refractivity contribution in [2.24, 2.45) is 0 Å². The molecule has 3 aromatic rings. The lowest BCUT2D eigenvalue weighted by molar-refractivity contribution is 0.162. The maximum atomic E-state index is 10.4. The van der Waals surface area contributed by atoms with E-state index in [0.717, 1.165) is 10.9 Å². The van der Waals surface area contributed by atoms with Gasteiger partial charge in [-0.1, -0.05) is 12.1 Å². The van der Waals surface area contributed by atoms with Gasteiger partial charge in [0, 0.05) is 30.3 Å². The SMILES string of the molecule is Oc1ccc(O)n1CC(Cl)C(O)c1ccc2ncccc2c1. The number of rotatable bonds is 4. The van der Waals surface area contributed by atoms with E-state index in [4.69, 9.17) is 11.6 Å². The van der Waals surface area contributed by atoms with E-state index in [9.17, 15) is 15.3 Å². The standard InChI is InChI=1S/C16H15ClN2O3/c17-12(9-19-14(20)5-6-15(19)21)16(22)11-3-4-13-10(8-11)2-1-7-18-13/h1-8,12,16,20-22H,9H2. The molecule has 0 radical (unpaired) electrons. The highest BCUT2D eigenvalue weighted by molar-refractivity contribution is 6.21. The number of aromatic nitrogens is 2. The third-order valence-corrected chi connectivity index (χ3v) is 3.98. The number of benzene rings is 1. The van der Waals surface area contributed by atoms with Crippen LogP contribution in [0.2, 0.25) is 0 Å². The molecule has 0 saturated carbocycles. The number of aromatic hydroxyl groups is 2. The molecule has 0 spiro atoms. The van der Waals surface area contributed by atoms with Crippen LogP contribution in [0.15, 0.2) is 48.7 Å². The first-order chi connectivity index (χ1) is 10.6. The summed E-state index contributed by atoms with van der Waals surface area (Å²) in [5.74, 6) is -0.198. The summed E-state index contributed by atoms with van der Waals surface area (Å²) < 4.78 is 1.24. The van der Waals surface area contributed by atoms with E-state index >= 15 is 0 Å². The Labute approximate surface area is 132 Å². The van der Waals surface area contributed by atoms with Gasteiger partial charge < -0.3 is 15.3 Å². The van der Waals surface area contributed by atoms with Crippen LogP contribution < -0.4 is 0 Å². The van der Waals surface area contributed by atoms with Crippen LogP contribution in [-0.4, -0.2) is 30.2 Å². The molecule has 0 bridgehead atoms. The molecule has 0 aliphatic heterocycles. The number of fused-ring (bicyclic) bond motifs is 1. The van der Waals surface area contributed by atoms with Crippen molar-refractivity contribution in [3.05, 3.63) is 54.2 Å². The smallest absolute Gasteiger partial charge is 0.193 e. The fourth-order valence-electron chi connectivity index (χ4n) is 2.39. The third kappa shape index (κ3) is 2.73. The minimum absolute atomic E-state index is 0.0818. The predicted octanol–water partition coefficient (Wildman–Crippen LogP) is 2.79. The molecule has 114 valence electrons. The maximum Gasteiger partial charge on any atom is 0.193 e. The topological polar surface area (TPSA) is 78.5 Å². The fraction of sp³-hybridized carbons (Fsp3) is 0.188. The van der Waals surface area contributed by atoms with Crippen LogP contribution in [0.1, 0.15) is 11.7 Å². The lowest BCUT2D eigenvalue weighted by atomic mass is 10.0. The van der Waals surface area contributed by atoms with Crippen molar-refractivity contribution in [1.29, 1.82) is 0 Å². The second kappa shape index (κ2) is 5.87. The van der Waals surface area contributed by atoms with Gasteiger partial charge in [-0.25, -0.2) is 0 Å². The van der Waals surface area contributed by atoms with E-state index in [2.05, 4.69) is 4.98 Å². The third-order valence-electron chi connectivity index (χ3n) is 3.60. The Balaban J connectivity index is 1.83. The first-order valence-electron chi connectivity index (χ1n) is 6.80. The van der Waals surface area contributed by atoms with E-state index in [1.54, 1.807) is 12.3 Å². The quantitative estimate of drug-likeness (QED) is 0.646. The summed E-state index contributed by atoms with van der Waals surface area (Å²) in [6.07, 6.45) is 0.771. The molecule has 2 atom stereocenters. The molecule has 3 rings (SSSR count). The van der Waals surface area contributed by atoms with Crippen molar-refractivity contribution in [3.63, 3.8) is 0 Å². The lowest BCUT2D eigenvalue weighted by Crippen LogP contribution is -2.18. The van der Waals surface area contributed by atoms with Crippen molar-refractivity contribution >= 4 is 22.5 Å². The lowest BCUT2D eigenvalue weighted by Gasteiger charge is -2.19. The van der Waals surface area contributed by atoms with Crippen LogP contribution in [0.25, 0.3) is 10.9 Å². The molecule has 0 amide bonds. The van der Waals surface area contributed by atoms with Gasteiger partial charge in [-0.2, -0.15) is 0 Å². The number of hydrogen-bond donors (Lipinski definition) is 3. The highest BCUT2D eigenvalue weighted by Gasteiger charge is 2.21. The van der Waals surface area contributed by atoms with Crippen LogP contribution in [-0.2, 0) is 6.54 Å². The highest BCUT2D eigenvalue weighted by atomic mass is 35.5. The summed E-state index contributed by atoms with van der Waals surface area (Å²) in [6.45, 7) is 0.0818. The fourth-order valence-corrected chi connectivity index (χ4v) is 2.68. The number of nitrogens with zero attached hydrogens (tertiary/aromatic N) is 2. The molecule has 2 unspecified atom stereocenters. The number of hydrogen-bond acceptors (Lipinski definition) is 4. The average Bonchev–Trinajstić information content (AvgIpc) is 2.85. The highest BCUT2D eigenvalue weighted by Crippen LogP contribution is 2.29. The van der Waals surface area contributed by atoms with Crippen LogP contribution in [0.4, 0.5) is 0 Å². The molecule has 3 N–H and O–H groups in total. The molecular weight excluding hydrogens is 304 g/mol. The maximum absolute atomic E-state index is 10.4. The first-order valence-corrected chi connectivity index (χ1v) is 7.24. The molecule has 0 fully saturated rings. The zero-order valence-corrected chi connectivity index (χ0v) is 12.4. The van der Waals surface area contributed by atoms with Crippen molar-refractivity contribution in [3.8, 4) is 11.8 Å². The Morgan fingerprint density at radius 2 is 1.82 bits per heavy atom. The second-order valence-corrected chi connectivity index (χ2v) is 5.64. The number of halogens is 1. The Kier molecular flexibility index (Phi) is 3.92. The Morgan fingerprint density at radius 3 is 2.55 bits per heavy atom. The molecule has 0 aliphatic rings. The van der Waals surface area contributed by atoms with Crippen molar-refractivity contribution in [2.75, 3.05) is 0 Å². The summed E-state index contributed by atoms with van der Waals surface area (Å²) in [7, 11) is 0. The van der Waals surface area contributed by atoms with E-state index in [1.165, 1.54) is 16.7 Å². The number of alkyl halides is 1.